The van der Waals surface area contributed by atoms with E-state index in [-0.39, 0.29) is 17.8 Å². The Morgan fingerprint density at radius 2 is 1.72 bits per heavy atom. The SMILES string of the molecule is CC(=O)N(C)c1ccc(NC(=O)NC2(c3ccccc3F)CC2)cc1. The molecule has 2 aromatic carbocycles. The van der Waals surface area contributed by atoms with E-state index in [1.807, 2.05) is 0 Å². The molecule has 0 bridgehead atoms. The van der Waals surface area contributed by atoms with E-state index in [0.29, 0.717) is 24.1 Å². The molecule has 130 valence electrons. The molecule has 1 aliphatic rings. The molecule has 5 nitrogen and oxygen atoms in total. The minimum Gasteiger partial charge on any atom is -0.328 e. The average Bonchev–Trinajstić information content (AvgIpc) is 3.35. The lowest BCUT2D eigenvalue weighted by atomic mass is 10.0. The fraction of sp³-hybridized carbons (Fsp3) is 0.263. The van der Waals surface area contributed by atoms with Crippen molar-refractivity contribution in [1.82, 2.24) is 5.32 Å². The van der Waals surface area contributed by atoms with Crippen molar-refractivity contribution >= 4 is 23.3 Å². The van der Waals surface area contributed by atoms with Crippen LogP contribution in [0.2, 0.25) is 0 Å². The number of nitrogens with zero attached hydrogens (tertiary/aromatic N) is 1. The molecule has 0 aromatic heterocycles. The molecule has 0 unspecified atom stereocenters. The first-order valence-corrected chi connectivity index (χ1v) is 8.10. The van der Waals surface area contributed by atoms with Crippen molar-refractivity contribution in [2.75, 3.05) is 17.3 Å². The molecule has 1 aliphatic carbocycles. The number of urea groups is 1. The lowest BCUT2D eigenvalue weighted by molar-refractivity contribution is -0.116. The summed E-state index contributed by atoms with van der Waals surface area (Å²) in [5, 5.41) is 5.62. The molecule has 2 aromatic rings. The summed E-state index contributed by atoms with van der Waals surface area (Å²) in [5.74, 6) is -0.379. The topological polar surface area (TPSA) is 61.4 Å². The predicted molar refractivity (Wildman–Crippen MR) is 95.0 cm³/mol. The number of carbonyl (C=O) groups excluding carboxylic acids is 2. The van der Waals surface area contributed by atoms with Gasteiger partial charge in [0, 0.05) is 30.9 Å². The van der Waals surface area contributed by atoms with Crippen LogP contribution in [0, 0.1) is 5.82 Å². The van der Waals surface area contributed by atoms with Gasteiger partial charge >= 0.3 is 6.03 Å². The quantitative estimate of drug-likeness (QED) is 0.892. The summed E-state index contributed by atoms with van der Waals surface area (Å²) in [6.45, 7) is 1.48. The number of benzene rings is 2. The number of nitrogens with one attached hydrogen (secondary N) is 2. The minimum atomic E-state index is -0.621. The van der Waals surface area contributed by atoms with Crippen LogP contribution >= 0.6 is 0 Å². The Morgan fingerprint density at radius 3 is 2.28 bits per heavy atom. The third-order valence-electron chi connectivity index (χ3n) is 4.48. The summed E-state index contributed by atoms with van der Waals surface area (Å²) in [7, 11) is 1.68. The van der Waals surface area contributed by atoms with Crippen molar-refractivity contribution in [3.05, 3.63) is 59.9 Å². The van der Waals surface area contributed by atoms with Crippen LogP contribution in [0.3, 0.4) is 0 Å². The number of amides is 3. The summed E-state index contributed by atoms with van der Waals surface area (Å²) in [6.07, 6.45) is 1.42. The smallest absolute Gasteiger partial charge is 0.319 e. The van der Waals surface area contributed by atoms with Crippen LogP contribution in [-0.4, -0.2) is 19.0 Å². The highest BCUT2D eigenvalue weighted by atomic mass is 19.1. The molecule has 25 heavy (non-hydrogen) atoms. The molecule has 1 fully saturated rings. The maximum atomic E-state index is 14.0. The van der Waals surface area contributed by atoms with Gasteiger partial charge in [-0.3, -0.25) is 4.79 Å². The van der Waals surface area contributed by atoms with Crippen molar-refractivity contribution < 1.29 is 14.0 Å². The van der Waals surface area contributed by atoms with Gasteiger partial charge in [0.15, 0.2) is 0 Å². The van der Waals surface area contributed by atoms with Gasteiger partial charge < -0.3 is 15.5 Å². The van der Waals surface area contributed by atoms with E-state index in [4.69, 9.17) is 0 Å². The van der Waals surface area contributed by atoms with Crippen LogP contribution in [-0.2, 0) is 10.3 Å². The maximum absolute atomic E-state index is 14.0. The summed E-state index contributed by atoms with van der Waals surface area (Å²) in [5.41, 5.74) is 1.24. The Morgan fingerprint density at radius 1 is 1.08 bits per heavy atom. The molecule has 3 amide bonds. The third-order valence-corrected chi connectivity index (χ3v) is 4.48. The van der Waals surface area contributed by atoms with Crippen molar-refractivity contribution in [2.45, 2.75) is 25.3 Å². The zero-order chi connectivity index (χ0) is 18.0. The van der Waals surface area contributed by atoms with Gasteiger partial charge in [-0.25, -0.2) is 9.18 Å². The van der Waals surface area contributed by atoms with Crippen molar-refractivity contribution in [3.8, 4) is 0 Å². The first kappa shape index (κ1) is 17.0. The fourth-order valence-electron chi connectivity index (χ4n) is 2.77. The molecule has 0 spiro atoms. The first-order chi connectivity index (χ1) is 11.9. The summed E-state index contributed by atoms with van der Waals surface area (Å²) < 4.78 is 14.0. The Hall–Kier alpha value is -2.89. The van der Waals surface area contributed by atoms with Crippen molar-refractivity contribution in [1.29, 1.82) is 0 Å². The molecule has 2 N–H and O–H groups in total. The van der Waals surface area contributed by atoms with E-state index in [1.165, 1.54) is 17.9 Å². The van der Waals surface area contributed by atoms with E-state index in [2.05, 4.69) is 10.6 Å². The van der Waals surface area contributed by atoms with Gasteiger partial charge in [-0.15, -0.1) is 0 Å². The van der Waals surface area contributed by atoms with Gasteiger partial charge in [-0.2, -0.15) is 0 Å². The second-order valence-electron chi connectivity index (χ2n) is 6.27. The van der Waals surface area contributed by atoms with Gasteiger partial charge in [0.1, 0.15) is 5.82 Å². The largest absolute Gasteiger partial charge is 0.328 e. The minimum absolute atomic E-state index is 0.0704. The molecule has 0 aliphatic heterocycles. The van der Waals surface area contributed by atoms with Gasteiger partial charge in [0.05, 0.1) is 5.54 Å². The number of hydrogen-bond acceptors (Lipinski definition) is 2. The highest BCUT2D eigenvalue weighted by Crippen LogP contribution is 2.46. The Kier molecular flexibility index (Phi) is 4.44. The summed E-state index contributed by atoms with van der Waals surface area (Å²) in [6, 6.07) is 13.1. The number of carbonyl (C=O) groups is 2. The second-order valence-corrected chi connectivity index (χ2v) is 6.27. The van der Waals surface area contributed by atoms with Crippen molar-refractivity contribution in [2.24, 2.45) is 0 Å². The molecular weight excluding hydrogens is 321 g/mol. The van der Waals surface area contributed by atoms with E-state index in [1.54, 1.807) is 49.5 Å². The molecule has 1 saturated carbocycles. The standard InChI is InChI=1S/C19H20FN3O2/c1-13(24)23(2)15-9-7-14(8-10-15)21-18(25)22-19(11-12-19)16-5-3-4-6-17(16)20/h3-10H,11-12H2,1-2H3,(H2,21,22,25). The highest BCUT2D eigenvalue weighted by Gasteiger charge is 2.47. The zero-order valence-corrected chi connectivity index (χ0v) is 14.2. The van der Waals surface area contributed by atoms with E-state index in [0.717, 1.165) is 5.69 Å². The van der Waals surface area contributed by atoms with Gasteiger partial charge in [0.2, 0.25) is 5.91 Å². The number of halogens is 1. The monoisotopic (exact) mass is 341 g/mol. The Bertz CT molecular complexity index is 801. The zero-order valence-electron chi connectivity index (χ0n) is 14.2. The van der Waals surface area contributed by atoms with E-state index < -0.39 is 5.54 Å². The third kappa shape index (κ3) is 3.63. The lowest BCUT2D eigenvalue weighted by Crippen LogP contribution is -2.38. The van der Waals surface area contributed by atoms with Crippen LogP contribution in [0.25, 0.3) is 0 Å². The first-order valence-electron chi connectivity index (χ1n) is 8.10. The van der Waals surface area contributed by atoms with Crippen LogP contribution in [0.5, 0.6) is 0 Å². The summed E-state index contributed by atoms with van der Waals surface area (Å²) >= 11 is 0. The molecule has 3 rings (SSSR count). The Balaban J connectivity index is 1.65. The maximum Gasteiger partial charge on any atom is 0.319 e. The molecule has 0 heterocycles. The fourth-order valence-corrected chi connectivity index (χ4v) is 2.77. The Labute approximate surface area is 145 Å². The lowest BCUT2D eigenvalue weighted by Gasteiger charge is -2.19. The average molecular weight is 341 g/mol. The van der Waals surface area contributed by atoms with Gasteiger partial charge in [-0.05, 0) is 43.2 Å². The highest BCUT2D eigenvalue weighted by molar-refractivity contribution is 5.92. The van der Waals surface area contributed by atoms with E-state index in [9.17, 15) is 14.0 Å². The van der Waals surface area contributed by atoms with Crippen LogP contribution in [0.4, 0.5) is 20.6 Å². The van der Waals surface area contributed by atoms with Gasteiger partial charge in [0.25, 0.3) is 0 Å². The van der Waals surface area contributed by atoms with Gasteiger partial charge in [-0.1, -0.05) is 18.2 Å². The number of rotatable bonds is 4. The van der Waals surface area contributed by atoms with E-state index >= 15 is 0 Å². The number of anilines is 2. The normalized spacial score (nSPS) is 14.5. The van der Waals surface area contributed by atoms with Crippen molar-refractivity contribution in [3.63, 3.8) is 0 Å². The second kappa shape index (κ2) is 6.55. The molecule has 0 atom stereocenters. The summed E-state index contributed by atoms with van der Waals surface area (Å²) in [4.78, 5) is 25.1. The molecular formula is C19H20FN3O2. The van der Waals surface area contributed by atoms with Crippen LogP contribution < -0.4 is 15.5 Å². The molecule has 0 saturated heterocycles. The number of hydrogen-bond donors (Lipinski definition) is 2. The predicted octanol–water partition coefficient (Wildman–Crippen LogP) is 3.62. The molecule has 6 heteroatoms. The van der Waals surface area contributed by atoms with Crippen LogP contribution in [0.1, 0.15) is 25.3 Å². The molecule has 0 radical (unpaired) electrons. The van der Waals surface area contributed by atoms with Crippen LogP contribution in [0.15, 0.2) is 48.5 Å².